The Kier molecular flexibility index (Phi) is 18.0. The van der Waals surface area contributed by atoms with Crippen molar-refractivity contribution in [1.29, 1.82) is 0 Å². The third-order valence-corrected chi connectivity index (χ3v) is 2.54. The van der Waals surface area contributed by atoms with Crippen LogP contribution in [0.15, 0.2) is 24.3 Å². The SMILES string of the molecule is C1=C\CC/C=C\CC/1.C1CCNCC1.[Cl-].[Rh]. The third kappa shape index (κ3) is 12.4. The van der Waals surface area contributed by atoms with Crippen molar-refractivity contribution in [3.8, 4) is 0 Å². The Morgan fingerprint density at radius 2 is 1.00 bits per heavy atom. The second kappa shape index (κ2) is 15.4. The van der Waals surface area contributed by atoms with E-state index in [0.717, 1.165) is 0 Å². The zero-order chi connectivity index (χ0) is 9.90. The molecular formula is C13H23ClNRh-. The predicted molar refractivity (Wildman–Crippen MR) is 63.5 cm³/mol. The molecular weight excluding hydrogens is 309 g/mol. The monoisotopic (exact) mass is 331 g/mol. The first-order valence-corrected chi connectivity index (χ1v) is 6.01. The fourth-order valence-electron chi connectivity index (χ4n) is 1.66. The molecule has 1 aliphatic carbocycles. The molecule has 97 valence electrons. The molecule has 0 aromatic heterocycles. The van der Waals surface area contributed by atoms with Crippen molar-refractivity contribution in [2.45, 2.75) is 44.9 Å². The molecule has 0 atom stereocenters. The van der Waals surface area contributed by atoms with Crippen molar-refractivity contribution in [1.82, 2.24) is 5.32 Å². The molecule has 1 aliphatic heterocycles. The maximum Gasteiger partial charge on any atom is 0 e. The molecule has 0 amide bonds. The molecule has 16 heavy (non-hydrogen) atoms. The molecule has 1 fully saturated rings. The molecule has 1 heterocycles. The van der Waals surface area contributed by atoms with E-state index < -0.39 is 0 Å². The topological polar surface area (TPSA) is 12.0 Å². The van der Waals surface area contributed by atoms with Gasteiger partial charge in [0.25, 0.3) is 0 Å². The van der Waals surface area contributed by atoms with Gasteiger partial charge in [0.2, 0.25) is 0 Å². The molecule has 1 saturated heterocycles. The molecule has 3 heteroatoms. The van der Waals surface area contributed by atoms with Crippen LogP contribution in [0.1, 0.15) is 44.9 Å². The average molecular weight is 332 g/mol. The van der Waals surface area contributed by atoms with Crippen LogP contribution < -0.4 is 17.7 Å². The fourth-order valence-corrected chi connectivity index (χ4v) is 1.66. The van der Waals surface area contributed by atoms with Crippen LogP contribution in [0.25, 0.3) is 0 Å². The normalized spacial score (nSPS) is 23.0. The molecule has 0 saturated carbocycles. The zero-order valence-corrected chi connectivity index (χ0v) is 12.3. The van der Waals surface area contributed by atoms with Crippen LogP contribution in [0.4, 0.5) is 0 Å². The van der Waals surface area contributed by atoms with Crippen LogP contribution in [0.2, 0.25) is 0 Å². The number of rotatable bonds is 0. The van der Waals surface area contributed by atoms with Crippen molar-refractivity contribution in [3.63, 3.8) is 0 Å². The van der Waals surface area contributed by atoms with Gasteiger partial charge in [0.05, 0.1) is 0 Å². The molecule has 2 aliphatic rings. The van der Waals surface area contributed by atoms with Gasteiger partial charge in [-0.2, -0.15) is 0 Å². The second-order valence-corrected chi connectivity index (χ2v) is 3.91. The summed E-state index contributed by atoms with van der Waals surface area (Å²) >= 11 is 0. The van der Waals surface area contributed by atoms with E-state index in [-0.39, 0.29) is 31.9 Å². The summed E-state index contributed by atoms with van der Waals surface area (Å²) in [5, 5.41) is 3.28. The molecule has 1 N–H and O–H groups in total. The molecule has 0 unspecified atom stereocenters. The number of halogens is 1. The number of hydrogen-bond donors (Lipinski definition) is 1. The van der Waals surface area contributed by atoms with Gasteiger partial charge in [0, 0.05) is 19.5 Å². The standard InChI is InChI=1S/C8H12.C5H11N.ClH.Rh/c1-2-4-6-8-7-5-3-1;1-2-4-6-5-3-1;;/h1-2,7-8H,3-6H2;6H,1-5H2;1H;/p-1/b2-1-,8-7-;;;. The number of allylic oxidation sites excluding steroid dienone is 4. The van der Waals surface area contributed by atoms with Gasteiger partial charge >= 0.3 is 0 Å². The van der Waals surface area contributed by atoms with Crippen LogP contribution in [-0.4, -0.2) is 13.1 Å². The Labute approximate surface area is 119 Å². The minimum Gasteiger partial charge on any atom is -1.00 e. The van der Waals surface area contributed by atoms with Gasteiger partial charge in [-0.3, -0.25) is 0 Å². The van der Waals surface area contributed by atoms with E-state index in [9.17, 15) is 0 Å². The molecule has 1 nitrogen and oxygen atoms in total. The van der Waals surface area contributed by atoms with E-state index in [1.807, 2.05) is 0 Å². The Morgan fingerprint density at radius 3 is 1.19 bits per heavy atom. The summed E-state index contributed by atoms with van der Waals surface area (Å²) in [6, 6.07) is 0. The maximum absolute atomic E-state index is 3.28. The van der Waals surface area contributed by atoms with E-state index in [1.54, 1.807) is 0 Å². The first-order chi connectivity index (χ1) is 7.00. The van der Waals surface area contributed by atoms with Gasteiger partial charge in [0.1, 0.15) is 0 Å². The van der Waals surface area contributed by atoms with Crippen molar-refractivity contribution < 1.29 is 31.9 Å². The quantitative estimate of drug-likeness (QED) is 0.501. The van der Waals surface area contributed by atoms with Gasteiger partial charge < -0.3 is 17.7 Å². The van der Waals surface area contributed by atoms with Crippen LogP contribution in [0.5, 0.6) is 0 Å². The van der Waals surface area contributed by atoms with E-state index >= 15 is 0 Å². The van der Waals surface area contributed by atoms with E-state index in [1.165, 1.54) is 58.0 Å². The van der Waals surface area contributed by atoms with E-state index in [4.69, 9.17) is 0 Å². The largest absolute Gasteiger partial charge is 1.00 e. The molecule has 0 bridgehead atoms. The summed E-state index contributed by atoms with van der Waals surface area (Å²) in [6.07, 6.45) is 18.2. The van der Waals surface area contributed by atoms with E-state index in [0.29, 0.717) is 0 Å². The average Bonchev–Trinajstić information content (AvgIpc) is 2.20. The summed E-state index contributed by atoms with van der Waals surface area (Å²) in [5.41, 5.74) is 0. The first kappa shape index (κ1) is 18.7. The van der Waals surface area contributed by atoms with Crippen LogP contribution in [0.3, 0.4) is 0 Å². The summed E-state index contributed by atoms with van der Waals surface area (Å²) in [4.78, 5) is 0. The summed E-state index contributed by atoms with van der Waals surface area (Å²) < 4.78 is 0. The molecule has 2 rings (SSSR count). The van der Waals surface area contributed by atoms with Crippen LogP contribution in [-0.2, 0) is 19.5 Å². The maximum atomic E-state index is 3.28. The molecule has 1 radical (unpaired) electrons. The van der Waals surface area contributed by atoms with Gasteiger partial charge in [-0.1, -0.05) is 30.7 Å². The van der Waals surface area contributed by atoms with Gasteiger partial charge in [-0.05, 0) is 51.6 Å². The summed E-state index contributed by atoms with van der Waals surface area (Å²) in [5.74, 6) is 0. The summed E-state index contributed by atoms with van der Waals surface area (Å²) in [7, 11) is 0. The van der Waals surface area contributed by atoms with Crippen molar-refractivity contribution in [3.05, 3.63) is 24.3 Å². The molecule has 0 aromatic carbocycles. The van der Waals surface area contributed by atoms with E-state index in [2.05, 4.69) is 29.6 Å². The molecule has 0 aromatic rings. The smallest absolute Gasteiger partial charge is 0 e. The minimum atomic E-state index is 0. The van der Waals surface area contributed by atoms with Crippen molar-refractivity contribution in [2.75, 3.05) is 13.1 Å². The Hall–Kier alpha value is 0.353. The minimum absolute atomic E-state index is 0. The Balaban J connectivity index is 0. The van der Waals surface area contributed by atoms with Crippen molar-refractivity contribution in [2.24, 2.45) is 0 Å². The van der Waals surface area contributed by atoms with Gasteiger partial charge in [-0.15, -0.1) is 0 Å². The predicted octanol–water partition coefficient (Wildman–Crippen LogP) is 0.434. The van der Waals surface area contributed by atoms with Crippen LogP contribution in [0, 0.1) is 0 Å². The van der Waals surface area contributed by atoms with Gasteiger partial charge in [0.15, 0.2) is 0 Å². The second-order valence-electron chi connectivity index (χ2n) is 3.91. The fraction of sp³-hybridized carbons (Fsp3) is 0.692. The number of nitrogens with one attached hydrogen (secondary N) is 1. The van der Waals surface area contributed by atoms with Crippen LogP contribution >= 0.6 is 0 Å². The Morgan fingerprint density at radius 1 is 0.625 bits per heavy atom. The molecule has 0 spiro atoms. The Bertz CT molecular complexity index is 139. The zero-order valence-electron chi connectivity index (χ0n) is 9.88. The number of hydrogen-bond acceptors (Lipinski definition) is 1. The van der Waals surface area contributed by atoms with Crippen molar-refractivity contribution >= 4 is 0 Å². The third-order valence-electron chi connectivity index (χ3n) is 2.54. The number of piperidine rings is 1. The van der Waals surface area contributed by atoms with Gasteiger partial charge in [-0.25, -0.2) is 0 Å². The first-order valence-electron chi connectivity index (χ1n) is 6.01. The summed E-state index contributed by atoms with van der Waals surface area (Å²) in [6.45, 7) is 2.50.